The highest BCUT2D eigenvalue weighted by Crippen LogP contribution is 2.20. The van der Waals surface area contributed by atoms with Crippen LogP contribution < -0.4 is 0 Å². The van der Waals surface area contributed by atoms with E-state index in [0.717, 1.165) is 38.3 Å². The maximum absolute atomic E-state index is 12.5. The second-order valence-electron chi connectivity index (χ2n) is 6.44. The molecule has 2 heterocycles. The quantitative estimate of drug-likeness (QED) is 0.739. The van der Waals surface area contributed by atoms with Crippen molar-refractivity contribution in [2.24, 2.45) is 0 Å². The van der Waals surface area contributed by atoms with Gasteiger partial charge in [0.25, 0.3) is 5.91 Å². The molecule has 1 aliphatic heterocycles. The van der Waals surface area contributed by atoms with Crippen LogP contribution in [0.4, 0.5) is 0 Å². The minimum Gasteiger partial charge on any atom is -0.336 e. The van der Waals surface area contributed by atoms with Gasteiger partial charge in [-0.1, -0.05) is 42.5 Å². The standard InChI is InChI=1S/C21H21N3O/c25-21(18-8-10-22-11-9-18)24-14-12-23(13-15-24)16-19-6-3-5-17-4-1-2-7-20(17)19/h1-11H,12-16H2. The number of rotatable bonds is 3. The summed E-state index contributed by atoms with van der Waals surface area (Å²) in [6.45, 7) is 4.27. The van der Waals surface area contributed by atoms with Gasteiger partial charge in [0.15, 0.2) is 0 Å². The van der Waals surface area contributed by atoms with Gasteiger partial charge in [0.05, 0.1) is 0 Å². The highest BCUT2D eigenvalue weighted by molar-refractivity contribution is 5.94. The average Bonchev–Trinajstić information content (AvgIpc) is 2.69. The number of pyridine rings is 1. The summed E-state index contributed by atoms with van der Waals surface area (Å²) in [6.07, 6.45) is 3.34. The summed E-state index contributed by atoms with van der Waals surface area (Å²) in [4.78, 5) is 20.9. The van der Waals surface area contributed by atoms with E-state index in [1.165, 1.54) is 16.3 Å². The molecular formula is C21H21N3O. The molecule has 0 atom stereocenters. The van der Waals surface area contributed by atoms with Crippen molar-refractivity contribution in [2.75, 3.05) is 26.2 Å². The minimum absolute atomic E-state index is 0.104. The van der Waals surface area contributed by atoms with E-state index >= 15 is 0 Å². The first-order valence-corrected chi connectivity index (χ1v) is 8.69. The van der Waals surface area contributed by atoms with Gasteiger partial charge in [-0.05, 0) is 28.5 Å². The summed E-state index contributed by atoms with van der Waals surface area (Å²) >= 11 is 0. The Morgan fingerprint density at radius 3 is 2.40 bits per heavy atom. The van der Waals surface area contributed by atoms with Crippen LogP contribution in [0.3, 0.4) is 0 Å². The fraction of sp³-hybridized carbons (Fsp3) is 0.238. The van der Waals surface area contributed by atoms with Gasteiger partial charge in [-0.3, -0.25) is 14.7 Å². The van der Waals surface area contributed by atoms with Crippen molar-refractivity contribution in [1.82, 2.24) is 14.8 Å². The molecule has 0 radical (unpaired) electrons. The number of benzene rings is 2. The third-order valence-electron chi connectivity index (χ3n) is 4.86. The molecule has 4 rings (SSSR count). The first kappa shape index (κ1) is 15.8. The van der Waals surface area contributed by atoms with Crippen LogP contribution in [0.15, 0.2) is 67.0 Å². The van der Waals surface area contributed by atoms with Gasteiger partial charge in [-0.15, -0.1) is 0 Å². The molecule has 0 unspecified atom stereocenters. The molecule has 25 heavy (non-hydrogen) atoms. The highest BCUT2D eigenvalue weighted by Gasteiger charge is 2.22. The predicted molar refractivity (Wildman–Crippen MR) is 99.4 cm³/mol. The van der Waals surface area contributed by atoms with Crippen molar-refractivity contribution in [3.63, 3.8) is 0 Å². The second-order valence-corrected chi connectivity index (χ2v) is 6.44. The van der Waals surface area contributed by atoms with Gasteiger partial charge in [-0.25, -0.2) is 0 Å². The lowest BCUT2D eigenvalue weighted by atomic mass is 10.0. The number of fused-ring (bicyclic) bond motifs is 1. The van der Waals surface area contributed by atoms with Gasteiger partial charge < -0.3 is 4.90 Å². The number of hydrogen-bond acceptors (Lipinski definition) is 3. The zero-order chi connectivity index (χ0) is 17.1. The molecule has 0 saturated carbocycles. The second kappa shape index (κ2) is 7.03. The zero-order valence-corrected chi connectivity index (χ0v) is 14.1. The predicted octanol–water partition coefficient (Wildman–Crippen LogP) is 3.19. The molecule has 2 aromatic carbocycles. The monoisotopic (exact) mass is 331 g/mol. The van der Waals surface area contributed by atoms with Crippen LogP contribution in [-0.4, -0.2) is 46.9 Å². The van der Waals surface area contributed by atoms with Crippen LogP contribution >= 0.6 is 0 Å². The first-order chi connectivity index (χ1) is 12.3. The van der Waals surface area contributed by atoms with Crippen LogP contribution in [0.2, 0.25) is 0 Å². The molecule has 0 bridgehead atoms. The van der Waals surface area contributed by atoms with Gasteiger partial charge in [0, 0.05) is 50.7 Å². The number of aromatic nitrogens is 1. The summed E-state index contributed by atoms with van der Waals surface area (Å²) in [6, 6.07) is 18.6. The van der Waals surface area contributed by atoms with E-state index in [1.807, 2.05) is 4.90 Å². The van der Waals surface area contributed by atoms with Crippen molar-refractivity contribution in [3.8, 4) is 0 Å². The maximum atomic E-state index is 12.5. The number of piperazine rings is 1. The summed E-state index contributed by atoms with van der Waals surface area (Å²) in [5, 5.41) is 2.60. The van der Waals surface area contributed by atoms with Crippen LogP contribution in [0.1, 0.15) is 15.9 Å². The fourth-order valence-corrected chi connectivity index (χ4v) is 3.46. The number of hydrogen-bond donors (Lipinski definition) is 0. The van der Waals surface area contributed by atoms with E-state index in [9.17, 15) is 4.79 Å². The molecule has 1 aromatic heterocycles. The Morgan fingerprint density at radius 2 is 1.60 bits per heavy atom. The summed E-state index contributed by atoms with van der Waals surface area (Å²) in [7, 11) is 0. The van der Waals surface area contributed by atoms with Crippen LogP contribution in [0.5, 0.6) is 0 Å². The van der Waals surface area contributed by atoms with E-state index in [4.69, 9.17) is 0 Å². The van der Waals surface area contributed by atoms with Crippen LogP contribution in [-0.2, 0) is 6.54 Å². The highest BCUT2D eigenvalue weighted by atomic mass is 16.2. The topological polar surface area (TPSA) is 36.4 Å². The fourth-order valence-electron chi connectivity index (χ4n) is 3.46. The van der Waals surface area contributed by atoms with Crippen molar-refractivity contribution >= 4 is 16.7 Å². The Morgan fingerprint density at radius 1 is 0.880 bits per heavy atom. The molecule has 1 aliphatic rings. The van der Waals surface area contributed by atoms with Crippen LogP contribution in [0, 0.1) is 0 Å². The van der Waals surface area contributed by atoms with Crippen molar-refractivity contribution in [2.45, 2.75) is 6.54 Å². The van der Waals surface area contributed by atoms with Crippen molar-refractivity contribution < 1.29 is 4.79 Å². The van der Waals surface area contributed by atoms with Crippen molar-refractivity contribution in [1.29, 1.82) is 0 Å². The van der Waals surface area contributed by atoms with Gasteiger partial charge in [-0.2, -0.15) is 0 Å². The van der Waals surface area contributed by atoms with Gasteiger partial charge in [0.1, 0.15) is 0 Å². The van der Waals surface area contributed by atoms with E-state index in [0.29, 0.717) is 0 Å². The minimum atomic E-state index is 0.104. The molecule has 1 amide bonds. The van der Waals surface area contributed by atoms with Crippen molar-refractivity contribution in [3.05, 3.63) is 78.1 Å². The van der Waals surface area contributed by atoms with E-state index in [1.54, 1.807) is 24.5 Å². The molecule has 126 valence electrons. The van der Waals surface area contributed by atoms with Gasteiger partial charge in [0.2, 0.25) is 0 Å². The number of carbonyl (C=O) groups is 1. The molecule has 3 aromatic rings. The third-order valence-corrected chi connectivity index (χ3v) is 4.86. The summed E-state index contributed by atoms with van der Waals surface area (Å²) in [5.41, 5.74) is 2.07. The van der Waals surface area contributed by atoms with E-state index < -0.39 is 0 Å². The molecule has 4 nitrogen and oxygen atoms in total. The Bertz CT molecular complexity index is 865. The van der Waals surface area contributed by atoms with Gasteiger partial charge >= 0.3 is 0 Å². The van der Waals surface area contributed by atoms with E-state index in [-0.39, 0.29) is 5.91 Å². The Labute approximate surface area is 147 Å². The molecular weight excluding hydrogens is 310 g/mol. The number of nitrogens with zero attached hydrogens (tertiary/aromatic N) is 3. The maximum Gasteiger partial charge on any atom is 0.254 e. The SMILES string of the molecule is O=C(c1ccncc1)N1CCN(Cc2cccc3ccccc23)CC1. The Hall–Kier alpha value is -2.72. The number of carbonyl (C=O) groups excluding carboxylic acids is 1. The summed E-state index contributed by atoms with van der Waals surface area (Å²) in [5.74, 6) is 0.104. The summed E-state index contributed by atoms with van der Waals surface area (Å²) < 4.78 is 0. The smallest absolute Gasteiger partial charge is 0.254 e. The Balaban J connectivity index is 1.41. The lowest BCUT2D eigenvalue weighted by Crippen LogP contribution is -2.48. The molecule has 0 N–H and O–H groups in total. The Kier molecular flexibility index (Phi) is 4.44. The first-order valence-electron chi connectivity index (χ1n) is 8.69. The lowest BCUT2D eigenvalue weighted by molar-refractivity contribution is 0.0629. The average molecular weight is 331 g/mol. The largest absolute Gasteiger partial charge is 0.336 e. The lowest BCUT2D eigenvalue weighted by Gasteiger charge is -2.35. The third kappa shape index (κ3) is 3.39. The zero-order valence-electron chi connectivity index (χ0n) is 14.1. The molecule has 0 aliphatic carbocycles. The molecule has 0 spiro atoms. The number of amides is 1. The van der Waals surface area contributed by atoms with Crippen LogP contribution in [0.25, 0.3) is 10.8 Å². The molecule has 4 heteroatoms. The van der Waals surface area contributed by atoms with E-state index in [2.05, 4.69) is 52.3 Å². The molecule has 1 fully saturated rings. The normalized spacial score (nSPS) is 15.4. The molecule has 1 saturated heterocycles.